The molecular formula is C23H25N9O2. The molecule has 0 saturated carbocycles. The molecule has 11 nitrogen and oxygen atoms in total. The molecular weight excluding hydrogens is 434 g/mol. The number of ether oxygens (including phenoxy) is 1. The minimum atomic E-state index is -0.354. The van der Waals surface area contributed by atoms with Crippen molar-refractivity contribution in [3.8, 4) is 11.5 Å². The van der Waals surface area contributed by atoms with Gasteiger partial charge < -0.3 is 15.0 Å². The zero-order valence-electron chi connectivity index (χ0n) is 18.7. The van der Waals surface area contributed by atoms with Crippen LogP contribution >= 0.6 is 0 Å². The molecule has 4 N–H and O–H groups in total. The average molecular weight is 460 g/mol. The number of rotatable bonds is 7. The highest BCUT2D eigenvalue weighted by Crippen LogP contribution is 2.27. The van der Waals surface area contributed by atoms with Gasteiger partial charge in [-0.15, -0.1) is 0 Å². The maximum Gasteiger partial charge on any atom is 0.261 e. The second-order valence-corrected chi connectivity index (χ2v) is 7.85. The van der Waals surface area contributed by atoms with Gasteiger partial charge in [0.1, 0.15) is 5.56 Å². The third kappa shape index (κ3) is 4.65. The summed E-state index contributed by atoms with van der Waals surface area (Å²) in [6, 6.07) is 6.20. The van der Waals surface area contributed by atoms with Crippen molar-refractivity contribution in [2.24, 2.45) is 4.99 Å². The summed E-state index contributed by atoms with van der Waals surface area (Å²) in [4.78, 5) is 27.5. The second-order valence-electron chi connectivity index (χ2n) is 7.85. The number of morpholine rings is 1. The Bertz CT molecular complexity index is 1340. The van der Waals surface area contributed by atoms with Crippen LogP contribution < -0.4 is 5.32 Å². The number of carbonyl (C=O) groups excluding carboxylic acids is 1. The SMILES string of the molecule is C/C=C\C=N/c1n[nH]cc1C(=O)Nc1c[nH]nc1-c1nc2cc(CN3CCOCC3)ccc2[nH]1. The molecule has 0 atom stereocenters. The van der Waals surface area contributed by atoms with Crippen LogP contribution in [0.15, 0.2) is 47.7 Å². The summed E-state index contributed by atoms with van der Waals surface area (Å²) in [6.45, 7) is 6.14. The van der Waals surface area contributed by atoms with Crippen molar-refractivity contribution in [2.45, 2.75) is 13.5 Å². The number of aromatic nitrogens is 6. The van der Waals surface area contributed by atoms with Crippen molar-refractivity contribution in [3.05, 3.63) is 53.9 Å². The fourth-order valence-electron chi connectivity index (χ4n) is 3.78. The number of carbonyl (C=O) groups is 1. The summed E-state index contributed by atoms with van der Waals surface area (Å²) in [6.07, 6.45) is 8.31. The Morgan fingerprint density at radius 3 is 2.94 bits per heavy atom. The van der Waals surface area contributed by atoms with Gasteiger partial charge in [0.15, 0.2) is 17.3 Å². The Hall–Kier alpha value is -4.09. The van der Waals surface area contributed by atoms with Crippen LogP contribution in [-0.2, 0) is 11.3 Å². The number of aromatic amines is 3. The van der Waals surface area contributed by atoms with E-state index in [2.05, 4.69) is 52.7 Å². The van der Waals surface area contributed by atoms with Crippen molar-refractivity contribution in [3.63, 3.8) is 0 Å². The van der Waals surface area contributed by atoms with E-state index in [1.54, 1.807) is 18.5 Å². The lowest BCUT2D eigenvalue weighted by atomic mass is 10.2. The van der Waals surface area contributed by atoms with E-state index in [-0.39, 0.29) is 5.91 Å². The zero-order valence-corrected chi connectivity index (χ0v) is 18.7. The van der Waals surface area contributed by atoms with Crippen LogP contribution in [0.1, 0.15) is 22.8 Å². The first-order valence-corrected chi connectivity index (χ1v) is 11.0. The van der Waals surface area contributed by atoms with Crippen LogP contribution in [0, 0.1) is 0 Å². The van der Waals surface area contributed by atoms with E-state index in [1.807, 2.05) is 19.1 Å². The molecule has 0 bridgehead atoms. The summed E-state index contributed by atoms with van der Waals surface area (Å²) >= 11 is 0. The summed E-state index contributed by atoms with van der Waals surface area (Å²) in [5.74, 6) is 0.513. The van der Waals surface area contributed by atoms with Gasteiger partial charge in [0.05, 0.1) is 29.9 Å². The van der Waals surface area contributed by atoms with Crippen molar-refractivity contribution >= 4 is 34.7 Å². The van der Waals surface area contributed by atoms with Gasteiger partial charge in [-0.25, -0.2) is 9.98 Å². The van der Waals surface area contributed by atoms with Crippen LogP contribution in [0.5, 0.6) is 0 Å². The van der Waals surface area contributed by atoms with Crippen molar-refractivity contribution in [1.82, 2.24) is 35.3 Å². The summed E-state index contributed by atoms with van der Waals surface area (Å²) in [5, 5.41) is 16.7. The topological polar surface area (TPSA) is 140 Å². The normalized spacial score (nSPS) is 15.1. The predicted octanol–water partition coefficient (Wildman–Crippen LogP) is 3.04. The molecule has 4 aromatic rings. The van der Waals surface area contributed by atoms with Crippen LogP contribution in [-0.4, -0.2) is 73.7 Å². The molecule has 11 heteroatoms. The smallest absolute Gasteiger partial charge is 0.261 e. The predicted molar refractivity (Wildman–Crippen MR) is 129 cm³/mol. The number of H-pyrrole nitrogens is 3. The molecule has 1 saturated heterocycles. The summed E-state index contributed by atoms with van der Waals surface area (Å²) in [7, 11) is 0. The maximum absolute atomic E-state index is 12.9. The number of hydrogen-bond donors (Lipinski definition) is 4. The maximum atomic E-state index is 12.9. The molecule has 5 rings (SSSR count). The van der Waals surface area contributed by atoms with Gasteiger partial charge in [-0.3, -0.25) is 19.9 Å². The van der Waals surface area contributed by atoms with Gasteiger partial charge in [0.2, 0.25) is 0 Å². The summed E-state index contributed by atoms with van der Waals surface area (Å²) < 4.78 is 5.43. The number of nitrogens with one attached hydrogen (secondary N) is 4. The first kappa shape index (κ1) is 21.7. The molecule has 3 aromatic heterocycles. The number of fused-ring (bicyclic) bond motifs is 1. The van der Waals surface area contributed by atoms with E-state index in [1.165, 1.54) is 11.8 Å². The van der Waals surface area contributed by atoms with Gasteiger partial charge >= 0.3 is 0 Å². The molecule has 4 heterocycles. The molecule has 174 valence electrons. The molecule has 1 aliphatic rings. The van der Waals surface area contributed by atoms with E-state index >= 15 is 0 Å². The summed E-state index contributed by atoms with van der Waals surface area (Å²) in [5.41, 5.74) is 4.27. The molecule has 1 amide bonds. The number of benzene rings is 1. The van der Waals surface area contributed by atoms with Crippen molar-refractivity contribution in [1.29, 1.82) is 0 Å². The average Bonchev–Trinajstić information content (AvgIpc) is 3.59. The highest BCUT2D eigenvalue weighted by molar-refractivity contribution is 6.08. The lowest BCUT2D eigenvalue weighted by Gasteiger charge is -2.26. The minimum Gasteiger partial charge on any atom is -0.379 e. The van der Waals surface area contributed by atoms with Gasteiger partial charge in [-0.05, 0) is 30.7 Å². The third-order valence-electron chi connectivity index (χ3n) is 5.51. The van der Waals surface area contributed by atoms with E-state index in [4.69, 9.17) is 9.72 Å². The number of hydrogen-bond acceptors (Lipinski definition) is 7. The quantitative estimate of drug-likeness (QED) is 0.313. The monoisotopic (exact) mass is 459 g/mol. The van der Waals surface area contributed by atoms with Crippen molar-refractivity contribution in [2.75, 3.05) is 31.6 Å². The Morgan fingerprint density at radius 2 is 2.09 bits per heavy atom. The number of imidazole rings is 1. The van der Waals surface area contributed by atoms with Gasteiger partial charge in [-0.2, -0.15) is 10.2 Å². The van der Waals surface area contributed by atoms with Crippen LogP contribution in [0.3, 0.4) is 0 Å². The number of allylic oxidation sites excluding steroid dienone is 2. The van der Waals surface area contributed by atoms with Gasteiger partial charge in [0.25, 0.3) is 5.91 Å². The Labute approximate surface area is 195 Å². The second kappa shape index (κ2) is 9.81. The lowest BCUT2D eigenvalue weighted by molar-refractivity contribution is 0.0342. The molecule has 0 unspecified atom stereocenters. The van der Waals surface area contributed by atoms with Crippen LogP contribution in [0.25, 0.3) is 22.6 Å². The van der Waals surface area contributed by atoms with Gasteiger partial charge in [-0.1, -0.05) is 12.1 Å². The Kier molecular flexibility index (Phi) is 6.27. The van der Waals surface area contributed by atoms with E-state index < -0.39 is 0 Å². The molecule has 1 fully saturated rings. The Morgan fingerprint density at radius 1 is 1.24 bits per heavy atom. The molecule has 34 heavy (non-hydrogen) atoms. The van der Waals surface area contributed by atoms with E-state index in [0.717, 1.165) is 43.9 Å². The zero-order chi connectivity index (χ0) is 23.3. The largest absolute Gasteiger partial charge is 0.379 e. The van der Waals surface area contributed by atoms with Crippen LogP contribution in [0.4, 0.5) is 11.5 Å². The lowest BCUT2D eigenvalue weighted by Crippen LogP contribution is -2.35. The molecule has 0 radical (unpaired) electrons. The molecule has 0 aliphatic carbocycles. The van der Waals surface area contributed by atoms with E-state index in [0.29, 0.717) is 28.6 Å². The fourth-order valence-corrected chi connectivity index (χ4v) is 3.78. The highest BCUT2D eigenvalue weighted by Gasteiger charge is 2.19. The molecule has 1 aromatic carbocycles. The first-order chi connectivity index (χ1) is 16.7. The van der Waals surface area contributed by atoms with Gasteiger partial charge in [0, 0.05) is 38.2 Å². The van der Waals surface area contributed by atoms with E-state index in [9.17, 15) is 4.79 Å². The number of aliphatic imine (C=N–C) groups is 1. The highest BCUT2D eigenvalue weighted by atomic mass is 16.5. The standard InChI is InChI=1S/C23H25N9O2/c1-2-3-6-24-21-16(12-25-31-21)23(33)29-19-13-26-30-20(19)22-27-17-5-4-15(11-18(17)28-22)14-32-7-9-34-10-8-32/h2-6,11-13H,7-10,14H2,1H3,(H,25,31)(H,26,30)(H,27,28)(H,29,33)/b3-2-,24-6-. The number of nitrogens with zero attached hydrogens (tertiary/aromatic N) is 5. The Balaban J connectivity index is 1.35. The molecule has 0 spiro atoms. The fraction of sp³-hybridized carbons (Fsp3) is 0.261. The third-order valence-corrected chi connectivity index (χ3v) is 5.51. The van der Waals surface area contributed by atoms with Crippen molar-refractivity contribution < 1.29 is 9.53 Å². The minimum absolute atomic E-state index is 0.303. The molecule has 1 aliphatic heterocycles. The number of anilines is 1. The number of amides is 1. The van der Waals surface area contributed by atoms with Crippen LogP contribution in [0.2, 0.25) is 0 Å². The first-order valence-electron chi connectivity index (χ1n) is 11.0.